The summed E-state index contributed by atoms with van der Waals surface area (Å²) in [5.41, 5.74) is 0.534. The SMILES string of the molecule is Cc1nccn1-c1ccc(N2CCN(C(=O)Cn3cnc(C(C)C)cc3=O)CC2)nn1. The first-order valence-electron chi connectivity index (χ1n) is 10.4. The first-order chi connectivity index (χ1) is 14.9. The van der Waals surface area contributed by atoms with E-state index in [1.54, 1.807) is 11.1 Å². The van der Waals surface area contributed by atoms with Gasteiger partial charge in [-0.05, 0) is 25.0 Å². The summed E-state index contributed by atoms with van der Waals surface area (Å²) in [7, 11) is 0. The molecule has 0 spiro atoms. The molecule has 1 aliphatic rings. The molecule has 31 heavy (non-hydrogen) atoms. The van der Waals surface area contributed by atoms with Crippen LogP contribution >= 0.6 is 0 Å². The molecule has 0 N–H and O–H groups in total. The van der Waals surface area contributed by atoms with Crippen LogP contribution < -0.4 is 10.5 Å². The first-order valence-corrected chi connectivity index (χ1v) is 10.4. The molecule has 10 heteroatoms. The number of nitrogens with zero attached hydrogens (tertiary/aromatic N) is 8. The molecule has 0 bridgehead atoms. The van der Waals surface area contributed by atoms with Gasteiger partial charge in [0.25, 0.3) is 5.56 Å². The fourth-order valence-electron chi connectivity index (χ4n) is 3.54. The zero-order valence-electron chi connectivity index (χ0n) is 18.0. The van der Waals surface area contributed by atoms with Gasteiger partial charge in [0.2, 0.25) is 5.91 Å². The summed E-state index contributed by atoms with van der Waals surface area (Å²) in [6, 6.07) is 5.35. The molecule has 1 amide bonds. The Labute approximate surface area is 180 Å². The molecular weight excluding hydrogens is 396 g/mol. The smallest absolute Gasteiger partial charge is 0.254 e. The molecule has 0 aromatic carbocycles. The molecule has 4 rings (SSSR count). The number of imidazole rings is 1. The topological polar surface area (TPSA) is 102 Å². The van der Waals surface area contributed by atoms with Crippen molar-refractivity contribution in [1.82, 2.24) is 34.2 Å². The van der Waals surface area contributed by atoms with Crippen molar-refractivity contribution in [3.8, 4) is 5.82 Å². The average molecular weight is 422 g/mol. The van der Waals surface area contributed by atoms with Crippen molar-refractivity contribution in [2.75, 3.05) is 31.1 Å². The van der Waals surface area contributed by atoms with Gasteiger partial charge in [0.05, 0.1) is 12.0 Å². The monoisotopic (exact) mass is 422 g/mol. The van der Waals surface area contributed by atoms with E-state index in [0.717, 1.165) is 23.2 Å². The largest absolute Gasteiger partial charge is 0.352 e. The lowest BCUT2D eigenvalue weighted by atomic mass is 10.1. The predicted molar refractivity (Wildman–Crippen MR) is 115 cm³/mol. The summed E-state index contributed by atoms with van der Waals surface area (Å²) in [4.78, 5) is 37.3. The lowest BCUT2D eigenvalue weighted by Crippen LogP contribution is -2.50. The number of aryl methyl sites for hydroxylation is 1. The highest BCUT2D eigenvalue weighted by Gasteiger charge is 2.23. The Hall–Kier alpha value is -3.56. The van der Waals surface area contributed by atoms with E-state index >= 15 is 0 Å². The molecule has 0 atom stereocenters. The van der Waals surface area contributed by atoms with Gasteiger partial charge >= 0.3 is 0 Å². The molecule has 3 aromatic rings. The summed E-state index contributed by atoms with van der Waals surface area (Å²) in [6.45, 7) is 8.31. The van der Waals surface area contributed by atoms with Gasteiger partial charge in [-0.1, -0.05) is 13.8 Å². The summed E-state index contributed by atoms with van der Waals surface area (Å²) in [5, 5.41) is 8.64. The summed E-state index contributed by atoms with van der Waals surface area (Å²) >= 11 is 0. The van der Waals surface area contributed by atoms with E-state index < -0.39 is 0 Å². The zero-order chi connectivity index (χ0) is 22.0. The van der Waals surface area contributed by atoms with E-state index in [9.17, 15) is 9.59 Å². The zero-order valence-corrected chi connectivity index (χ0v) is 18.0. The van der Waals surface area contributed by atoms with Crippen LogP contribution in [-0.2, 0) is 11.3 Å². The normalized spacial score (nSPS) is 14.3. The van der Waals surface area contributed by atoms with Crippen molar-refractivity contribution in [1.29, 1.82) is 0 Å². The number of hydrogen-bond acceptors (Lipinski definition) is 7. The van der Waals surface area contributed by atoms with Gasteiger partial charge in [-0.25, -0.2) is 9.97 Å². The highest BCUT2D eigenvalue weighted by Crippen LogP contribution is 2.15. The Kier molecular flexibility index (Phi) is 5.79. The minimum absolute atomic E-state index is 0.00294. The molecule has 1 saturated heterocycles. The fraction of sp³-hybridized carbons (Fsp3) is 0.429. The van der Waals surface area contributed by atoms with E-state index in [1.807, 2.05) is 43.7 Å². The molecule has 1 fully saturated rings. The average Bonchev–Trinajstić information content (AvgIpc) is 3.21. The third-order valence-corrected chi connectivity index (χ3v) is 5.46. The number of carbonyl (C=O) groups excluding carboxylic acids is 1. The van der Waals surface area contributed by atoms with Gasteiger partial charge in [-0.3, -0.25) is 18.7 Å². The van der Waals surface area contributed by atoms with Crippen LogP contribution in [0.3, 0.4) is 0 Å². The predicted octanol–water partition coefficient (Wildman–Crippen LogP) is 1.000. The number of hydrogen-bond donors (Lipinski definition) is 0. The summed E-state index contributed by atoms with van der Waals surface area (Å²) in [6.07, 6.45) is 5.04. The van der Waals surface area contributed by atoms with Crippen LogP contribution in [0.15, 0.2) is 41.7 Å². The van der Waals surface area contributed by atoms with E-state index in [0.29, 0.717) is 26.2 Å². The molecule has 0 saturated carbocycles. The Morgan fingerprint density at radius 3 is 2.35 bits per heavy atom. The van der Waals surface area contributed by atoms with Gasteiger partial charge in [-0.15, -0.1) is 10.2 Å². The minimum Gasteiger partial charge on any atom is -0.352 e. The van der Waals surface area contributed by atoms with Gasteiger partial charge in [-0.2, -0.15) is 0 Å². The van der Waals surface area contributed by atoms with Crippen molar-refractivity contribution in [3.05, 3.63) is 58.8 Å². The number of piperazine rings is 1. The van der Waals surface area contributed by atoms with Crippen LogP contribution in [0.5, 0.6) is 0 Å². The maximum Gasteiger partial charge on any atom is 0.254 e. The van der Waals surface area contributed by atoms with Crippen LogP contribution in [0.1, 0.15) is 31.3 Å². The van der Waals surface area contributed by atoms with Crippen LogP contribution in [0.4, 0.5) is 5.82 Å². The highest BCUT2D eigenvalue weighted by molar-refractivity contribution is 5.76. The highest BCUT2D eigenvalue weighted by atomic mass is 16.2. The fourth-order valence-corrected chi connectivity index (χ4v) is 3.54. The number of rotatable bonds is 5. The first kappa shape index (κ1) is 20.7. The lowest BCUT2D eigenvalue weighted by molar-refractivity contribution is -0.132. The second-order valence-electron chi connectivity index (χ2n) is 7.90. The van der Waals surface area contributed by atoms with Crippen molar-refractivity contribution in [3.63, 3.8) is 0 Å². The molecule has 0 aliphatic carbocycles. The molecular formula is C21H26N8O2. The van der Waals surface area contributed by atoms with Crippen LogP contribution in [0.25, 0.3) is 5.82 Å². The Bertz CT molecular complexity index is 1110. The summed E-state index contributed by atoms with van der Waals surface area (Å²) in [5.74, 6) is 2.43. The number of anilines is 1. The van der Waals surface area contributed by atoms with Gasteiger partial charge in [0, 0.05) is 44.6 Å². The molecule has 0 unspecified atom stereocenters. The Balaban J connectivity index is 1.35. The third kappa shape index (κ3) is 4.47. The minimum atomic E-state index is -0.200. The van der Waals surface area contributed by atoms with E-state index in [-0.39, 0.29) is 23.9 Å². The summed E-state index contributed by atoms with van der Waals surface area (Å²) < 4.78 is 3.24. The van der Waals surface area contributed by atoms with Crippen molar-refractivity contribution in [2.45, 2.75) is 33.2 Å². The number of aromatic nitrogens is 6. The van der Waals surface area contributed by atoms with Crippen LogP contribution in [0.2, 0.25) is 0 Å². The second-order valence-corrected chi connectivity index (χ2v) is 7.90. The van der Waals surface area contributed by atoms with E-state index in [1.165, 1.54) is 17.0 Å². The van der Waals surface area contributed by atoms with Crippen molar-refractivity contribution >= 4 is 11.7 Å². The Morgan fingerprint density at radius 1 is 1.06 bits per heavy atom. The van der Waals surface area contributed by atoms with Crippen molar-refractivity contribution < 1.29 is 4.79 Å². The molecule has 0 radical (unpaired) electrons. The van der Waals surface area contributed by atoms with E-state index in [4.69, 9.17) is 0 Å². The maximum absolute atomic E-state index is 12.7. The quantitative estimate of drug-likeness (QED) is 0.604. The van der Waals surface area contributed by atoms with Crippen LogP contribution in [-0.4, -0.2) is 66.3 Å². The van der Waals surface area contributed by atoms with Crippen LogP contribution in [0, 0.1) is 6.92 Å². The molecule has 10 nitrogen and oxygen atoms in total. The number of amides is 1. The second kappa shape index (κ2) is 8.66. The third-order valence-electron chi connectivity index (χ3n) is 5.46. The van der Waals surface area contributed by atoms with Gasteiger partial charge in [0.15, 0.2) is 11.6 Å². The lowest BCUT2D eigenvalue weighted by Gasteiger charge is -2.35. The standard InChI is InChI=1S/C21H26N8O2/c1-15(2)17-12-20(30)28(14-23-17)13-21(31)27-10-8-26(9-11-27)18-4-5-19(25-24-18)29-7-6-22-16(29)3/h4-7,12,14-15H,8-11,13H2,1-3H3. The van der Waals surface area contributed by atoms with Crippen molar-refractivity contribution in [2.24, 2.45) is 0 Å². The Morgan fingerprint density at radius 2 is 1.77 bits per heavy atom. The van der Waals surface area contributed by atoms with E-state index in [2.05, 4.69) is 25.1 Å². The molecule has 1 aliphatic heterocycles. The maximum atomic E-state index is 12.7. The van der Waals surface area contributed by atoms with Gasteiger partial charge in [0.1, 0.15) is 12.4 Å². The number of carbonyl (C=O) groups is 1. The molecule has 3 aromatic heterocycles. The molecule has 4 heterocycles. The van der Waals surface area contributed by atoms with Gasteiger partial charge < -0.3 is 9.80 Å². The molecule has 162 valence electrons.